The fraction of sp³-hybridized carbons (Fsp3) is 1.00. The van der Waals surface area contributed by atoms with E-state index in [-0.39, 0.29) is 0 Å². The monoisotopic (exact) mass is 346 g/mol. The van der Waals surface area contributed by atoms with Crippen LogP contribution in [0.15, 0.2) is 0 Å². The van der Waals surface area contributed by atoms with E-state index in [9.17, 15) is 0 Å². The van der Waals surface area contributed by atoms with Gasteiger partial charge < -0.3 is 0 Å². The molecule has 0 amide bonds. The Morgan fingerprint density at radius 1 is 0.882 bits per heavy atom. The molecule has 3 rings (SSSR count). The molecule has 0 spiro atoms. The summed E-state index contributed by atoms with van der Waals surface area (Å²) in [4.78, 5) is 0. The van der Waals surface area contributed by atoms with Gasteiger partial charge in [0, 0.05) is 3.42 Å². The highest BCUT2D eigenvalue weighted by Gasteiger charge is 2.58. The lowest BCUT2D eigenvalue weighted by atomic mass is 9.73. The zero-order chi connectivity index (χ0) is 11.9. The molecule has 3 aliphatic rings. The van der Waals surface area contributed by atoms with Gasteiger partial charge in [-0.05, 0) is 55.8 Å². The van der Waals surface area contributed by atoms with Crippen molar-refractivity contribution < 1.29 is 0 Å². The summed E-state index contributed by atoms with van der Waals surface area (Å²) < 4.78 is 0.697. The molecule has 3 aliphatic carbocycles. The van der Waals surface area contributed by atoms with E-state index in [1.165, 1.54) is 38.5 Å². The van der Waals surface area contributed by atoms with Gasteiger partial charge in [0.05, 0.1) is 0 Å². The van der Waals surface area contributed by atoms with Crippen LogP contribution in [-0.4, -0.2) is 3.42 Å². The van der Waals surface area contributed by atoms with Gasteiger partial charge in [0.2, 0.25) is 0 Å². The zero-order valence-corrected chi connectivity index (χ0v) is 13.4. The van der Waals surface area contributed by atoms with Crippen LogP contribution in [0.2, 0.25) is 0 Å². The van der Waals surface area contributed by atoms with Gasteiger partial charge in [0.25, 0.3) is 0 Å². The lowest BCUT2D eigenvalue weighted by Crippen LogP contribution is -2.36. The second kappa shape index (κ2) is 5.02. The highest BCUT2D eigenvalue weighted by Crippen LogP contribution is 2.64. The number of alkyl halides is 1. The molecule has 0 aromatic rings. The SMILES string of the molecule is CCCC1(I)C2CCCCC2C2CCCCC21. The Morgan fingerprint density at radius 3 is 1.82 bits per heavy atom. The Balaban J connectivity index is 1.89. The van der Waals surface area contributed by atoms with Gasteiger partial charge in [-0.25, -0.2) is 0 Å². The second-order valence-corrected chi connectivity index (χ2v) is 8.79. The first-order valence-electron chi connectivity index (χ1n) is 7.96. The maximum Gasteiger partial charge on any atom is 0.0284 e. The van der Waals surface area contributed by atoms with Crippen LogP contribution in [0.3, 0.4) is 0 Å². The van der Waals surface area contributed by atoms with E-state index in [1.807, 2.05) is 0 Å². The molecule has 98 valence electrons. The van der Waals surface area contributed by atoms with Crippen LogP contribution in [-0.2, 0) is 0 Å². The lowest BCUT2D eigenvalue weighted by molar-refractivity contribution is 0.184. The summed E-state index contributed by atoms with van der Waals surface area (Å²) in [6.07, 6.45) is 15.3. The van der Waals surface area contributed by atoms with Crippen molar-refractivity contribution in [2.45, 2.75) is 74.6 Å². The second-order valence-electron chi connectivity index (χ2n) is 6.79. The maximum absolute atomic E-state index is 2.93. The smallest absolute Gasteiger partial charge is 0.0284 e. The largest absolute Gasteiger partial charge is 0.0782 e. The molecule has 4 atom stereocenters. The number of rotatable bonds is 2. The molecule has 0 aromatic heterocycles. The molecule has 0 aliphatic heterocycles. The van der Waals surface area contributed by atoms with Crippen molar-refractivity contribution in [1.82, 2.24) is 0 Å². The third-order valence-electron chi connectivity index (χ3n) is 6.05. The molecule has 0 saturated heterocycles. The van der Waals surface area contributed by atoms with Crippen molar-refractivity contribution >= 4 is 22.6 Å². The number of fused-ring (bicyclic) bond motifs is 3. The first-order chi connectivity index (χ1) is 8.27. The number of halogens is 1. The van der Waals surface area contributed by atoms with Crippen molar-refractivity contribution in [1.29, 1.82) is 0 Å². The van der Waals surface area contributed by atoms with Crippen LogP contribution in [0.1, 0.15) is 71.1 Å². The number of hydrogen-bond acceptors (Lipinski definition) is 0. The van der Waals surface area contributed by atoms with Crippen LogP contribution in [0.5, 0.6) is 0 Å². The number of hydrogen-bond donors (Lipinski definition) is 0. The Morgan fingerprint density at radius 2 is 1.35 bits per heavy atom. The Kier molecular flexibility index (Phi) is 3.76. The topological polar surface area (TPSA) is 0 Å². The van der Waals surface area contributed by atoms with Gasteiger partial charge in [-0.1, -0.05) is 61.6 Å². The molecular weight excluding hydrogens is 319 g/mol. The van der Waals surface area contributed by atoms with Crippen LogP contribution in [0.4, 0.5) is 0 Å². The van der Waals surface area contributed by atoms with Gasteiger partial charge in [-0.2, -0.15) is 0 Å². The third kappa shape index (κ3) is 1.99. The summed E-state index contributed by atoms with van der Waals surface area (Å²) >= 11 is 2.93. The van der Waals surface area contributed by atoms with Gasteiger partial charge in [-0.3, -0.25) is 0 Å². The van der Waals surface area contributed by atoms with Gasteiger partial charge in [0.1, 0.15) is 0 Å². The van der Waals surface area contributed by atoms with Crippen LogP contribution in [0, 0.1) is 23.7 Å². The summed E-state index contributed by atoms with van der Waals surface area (Å²) in [6.45, 7) is 2.40. The van der Waals surface area contributed by atoms with Crippen LogP contribution in [0.25, 0.3) is 0 Å². The Bertz CT molecular complexity index is 251. The molecule has 3 saturated carbocycles. The molecule has 0 radical (unpaired) electrons. The van der Waals surface area contributed by atoms with Crippen LogP contribution >= 0.6 is 22.6 Å². The van der Waals surface area contributed by atoms with E-state index in [1.54, 1.807) is 25.7 Å². The average Bonchev–Trinajstić information content (AvgIpc) is 2.62. The molecule has 4 unspecified atom stereocenters. The first kappa shape index (κ1) is 12.7. The molecule has 0 nitrogen and oxygen atoms in total. The Hall–Kier alpha value is 0.730. The summed E-state index contributed by atoms with van der Waals surface area (Å²) in [5, 5.41) is 0. The maximum atomic E-state index is 2.93. The summed E-state index contributed by atoms with van der Waals surface area (Å²) in [5.74, 6) is 4.42. The molecule has 0 aromatic carbocycles. The molecule has 1 heteroatoms. The molecule has 3 fully saturated rings. The third-order valence-corrected chi connectivity index (χ3v) is 8.19. The van der Waals surface area contributed by atoms with Gasteiger partial charge >= 0.3 is 0 Å². The normalized spacial score (nSPS) is 49.8. The fourth-order valence-electron chi connectivity index (χ4n) is 5.56. The van der Waals surface area contributed by atoms with E-state index >= 15 is 0 Å². The standard InChI is InChI=1S/C16H27I/c1-2-11-16(17)14-9-5-3-7-12(14)13-8-4-6-10-15(13)16/h12-15H,2-11H2,1H3. The van der Waals surface area contributed by atoms with Gasteiger partial charge in [-0.15, -0.1) is 0 Å². The Labute approximate surface area is 120 Å². The van der Waals surface area contributed by atoms with Crippen molar-refractivity contribution in [3.8, 4) is 0 Å². The van der Waals surface area contributed by atoms with E-state index in [2.05, 4.69) is 29.5 Å². The van der Waals surface area contributed by atoms with Crippen molar-refractivity contribution in [3.05, 3.63) is 0 Å². The quantitative estimate of drug-likeness (QED) is 0.452. The predicted molar refractivity (Wildman–Crippen MR) is 82.6 cm³/mol. The average molecular weight is 346 g/mol. The molecule has 17 heavy (non-hydrogen) atoms. The predicted octanol–water partition coefficient (Wildman–Crippen LogP) is 5.59. The van der Waals surface area contributed by atoms with Crippen LogP contribution < -0.4 is 0 Å². The van der Waals surface area contributed by atoms with Crippen molar-refractivity contribution in [3.63, 3.8) is 0 Å². The first-order valence-corrected chi connectivity index (χ1v) is 9.04. The molecule has 0 bridgehead atoms. The summed E-state index contributed by atoms with van der Waals surface area (Å²) in [6, 6.07) is 0. The molecule has 0 N–H and O–H groups in total. The zero-order valence-electron chi connectivity index (χ0n) is 11.3. The summed E-state index contributed by atoms with van der Waals surface area (Å²) in [5.41, 5.74) is 0. The molecule has 0 heterocycles. The minimum absolute atomic E-state index is 0.697. The highest BCUT2D eigenvalue weighted by molar-refractivity contribution is 14.1. The van der Waals surface area contributed by atoms with E-state index in [4.69, 9.17) is 0 Å². The van der Waals surface area contributed by atoms with Crippen molar-refractivity contribution in [2.24, 2.45) is 23.7 Å². The van der Waals surface area contributed by atoms with Gasteiger partial charge in [0.15, 0.2) is 0 Å². The van der Waals surface area contributed by atoms with E-state index in [0.717, 1.165) is 23.7 Å². The minimum atomic E-state index is 0.697. The minimum Gasteiger partial charge on any atom is -0.0782 e. The van der Waals surface area contributed by atoms with E-state index in [0.29, 0.717) is 3.42 Å². The van der Waals surface area contributed by atoms with E-state index < -0.39 is 0 Å². The lowest BCUT2D eigenvalue weighted by Gasteiger charge is -2.39. The summed E-state index contributed by atoms with van der Waals surface area (Å²) in [7, 11) is 0. The van der Waals surface area contributed by atoms with Crippen molar-refractivity contribution in [2.75, 3.05) is 0 Å². The molecular formula is C16H27I. The highest BCUT2D eigenvalue weighted by atomic mass is 127. The fourth-order valence-corrected chi connectivity index (χ4v) is 7.65.